The highest BCUT2D eigenvalue weighted by molar-refractivity contribution is 7.89. The van der Waals surface area contributed by atoms with Crippen LogP contribution in [0.15, 0.2) is 41.7 Å². The fourth-order valence-corrected chi connectivity index (χ4v) is 3.84. The Bertz CT molecular complexity index is 931. The number of aryl methyl sites for hydroxylation is 1. The molecule has 0 saturated carbocycles. The lowest BCUT2D eigenvalue weighted by Crippen LogP contribution is -2.51. The molecular weight excluding hydrogens is 386 g/mol. The van der Waals surface area contributed by atoms with Crippen LogP contribution in [0.2, 0.25) is 0 Å². The SMILES string of the molecule is Cc1ccc(S(=O)(=O)N(C(=O)OC(C)(C)C)C(Cc2c[nH]cn2)C(=O)O)cc1. The molecule has 2 aromatic rings. The van der Waals surface area contributed by atoms with E-state index >= 15 is 0 Å². The molecule has 0 aliphatic carbocycles. The molecular formula is C18H23N3O6S. The number of carboxylic acids is 1. The van der Waals surface area contributed by atoms with Crippen molar-refractivity contribution in [3.63, 3.8) is 0 Å². The van der Waals surface area contributed by atoms with Crippen molar-refractivity contribution in [2.45, 2.75) is 50.7 Å². The first-order valence-corrected chi connectivity index (χ1v) is 9.90. The highest BCUT2D eigenvalue weighted by Gasteiger charge is 2.42. The third-order valence-electron chi connectivity index (χ3n) is 3.68. The fraction of sp³-hybridized carbons (Fsp3) is 0.389. The zero-order valence-electron chi connectivity index (χ0n) is 16.0. The number of ether oxygens (including phenoxy) is 1. The monoisotopic (exact) mass is 409 g/mol. The van der Waals surface area contributed by atoms with Gasteiger partial charge in [-0.25, -0.2) is 23.0 Å². The van der Waals surface area contributed by atoms with Crippen LogP contribution in [0.4, 0.5) is 4.79 Å². The maximum atomic E-state index is 13.2. The summed E-state index contributed by atoms with van der Waals surface area (Å²) in [5.41, 5.74) is 0.0854. The van der Waals surface area contributed by atoms with E-state index in [1.165, 1.54) is 24.7 Å². The Morgan fingerprint density at radius 3 is 2.32 bits per heavy atom. The first-order chi connectivity index (χ1) is 12.9. The van der Waals surface area contributed by atoms with Crippen molar-refractivity contribution < 1.29 is 27.9 Å². The number of hydrogen-bond acceptors (Lipinski definition) is 6. The van der Waals surface area contributed by atoms with Gasteiger partial charge >= 0.3 is 12.1 Å². The molecule has 0 fully saturated rings. The minimum absolute atomic E-state index is 0.211. The van der Waals surface area contributed by atoms with Gasteiger partial charge in [-0.15, -0.1) is 0 Å². The van der Waals surface area contributed by atoms with E-state index in [1.807, 2.05) is 0 Å². The molecule has 1 heterocycles. The number of carboxylic acid groups (broad SMARTS) is 1. The summed E-state index contributed by atoms with van der Waals surface area (Å²) in [6.07, 6.45) is 1.18. The Kier molecular flexibility index (Phi) is 6.13. The van der Waals surface area contributed by atoms with Gasteiger partial charge in [0.2, 0.25) is 0 Å². The first kappa shape index (κ1) is 21.4. The summed E-state index contributed by atoms with van der Waals surface area (Å²) in [5.74, 6) is -1.50. The second-order valence-electron chi connectivity index (χ2n) is 7.21. The van der Waals surface area contributed by atoms with E-state index in [-0.39, 0.29) is 15.6 Å². The van der Waals surface area contributed by atoms with Crippen LogP contribution >= 0.6 is 0 Å². The Labute approximate surface area is 163 Å². The molecule has 1 amide bonds. The van der Waals surface area contributed by atoms with Crippen molar-refractivity contribution in [2.24, 2.45) is 0 Å². The number of nitrogens with one attached hydrogen (secondary N) is 1. The molecule has 0 bridgehead atoms. The number of H-pyrrole nitrogens is 1. The van der Waals surface area contributed by atoms with Crippen LogP contribution in [-0.2, 0) is 26.0 Å². The molecule has 0 aliphatic heterocycles. The van der Waals surface area contributed by atoms with Crippen molar-refractivity contribution in [3.05, 3.63) is 48.0 Å². The maximum absolute atomic E-state index is 13.2. The van der Waals surface area contributed by atoms with Crippen LogP contribution in [0.1, 0.15) is 32.0 Å². The molecule has 0 spiro atoms. The first-order valence-electron chi connectivity index (χ1n) is 8.46. The zero-order valence-corrected chi connectivity index (χ0v) is 16.9. The number of rotatable bonds is 6. The number of carbonyl (C=O) groups excluding carboxylic acids is 1. The molecule has 0 radical (unpaired) electrons. The predicted octanol–water partition coefficient (Wildman–Crippen LogP) is 2.34. The highest BCUT2D eigenvalue weighted by atomic mass is 32.2. The summed E-state index contributed by atoms with van der Waals surface area (Å²) in [4.78, 5) is 31.1. The summed E-state index contributed by atoms with van der Waals surface area (Å²) in [6, 6.07) is 4.02. The lowest BCUT2D eigenvalue weighted by Gasteiger charge is -2.30. The minimum Gasteiger partial charge on any atom is -0.480 e. The number of benzene rings is 1. The van der Waals surface area contributed by atoms with Gasteiger partial charge in [0, 0.05) is 12.6 Å². The Hall–Kier alpha value is -2.88. The lowest BCUT2D eigenvalue weighted by molar-refractivity contribution is -0.141. The molecule has 10 heteroatoms. The summed E-state index contributed by atoms with van der Waals surface area (Å²) < 4.78 is 31.8. The van der Waals surface area contributed by atoms with Crippen LogP contribution in [0.25, 0.3) is 0 Å². The molecule has 2 N–H and O–H groups in total. The Morgan fingerprint density at radius 2 is 1.86 bits per heavy atom. The third kappa shape index (κ3) is 5.10. The molecule has 1 atom stereocenters. The van der Waals surface area contributed by atoms with Gasteiger partial charge in [0.15, 0.2) is 6.04 Å². The minimum atomic E-state index is -4.50. The normalized spacial score (nSPS) is 13.0. The number of aliphatic carboxylic acids is 1. The maximum Gasteiger partial charge on any atom is 0.425 e. The van der Waals surface area contributed by atoms with Gasteiger partial charge in [-0.1, -0.05) is 17.7 Å². The topological polar surface area (TPSA) is 130 Å². The largest absolute Gasteiger partial charge is 0.480 e. The van der Waals surface area contributed by atoms with Gasteiger partial charge in [-0.3, -0.25) is 0 Å². The second kappa shape index (κ2) is 8.01. The molecule has 1 unspecified atom stereocenters. The summed E-state index contributed by atoms with van der Waals surface area (Å²) >= 11 is 0. The van der Waals surface area contributed by atoms with Crippen molar-refractivity contribution >= 4 is 22.1 Å². The zero-order chi connectivity index (χ0) is 21.1. The van der Waals surface area contributed by atoms with Gasteiger partial charge < -0.3 is 14.8 Å². The van der Waals surface area contributed by atoms with Gasteiger partial charge in [-0.2, -0.15) is 4.31 Å². The van der Waals surface area contributed by atoms with Crippen LogP contribution in [0.5, 0.6) is 0 Å². The quantitative estimate of drug-likeness (QED) is 0.749. The Morgan fingerprint density at radius 1 is 1.25 bits per heavy atom. The van der Waals surface area contributed by atoms with Gasteiger partial charge in [0.05, 0.1) is 16.9 Å². The van der Waals surface area contributed by atoms with E-state index in [1.54, 1.807) is 39.8 Å². The second-order valence-corrected chi connectivity index (χ2v) is 9.03. The number of carbonyl (C=O) groups is 2. The van der Waals surface area contributed by atoms with E-state index in [9.17, 15) is 23.1 Å². The summed E-state index contributed by atoms with van der Waals surface area (Å²) in [6.45, 7) is 6.46. The lowest BCUT2D eigenvalue weighted by atomic mass is 10.1. The fourth-order valence-electron chi connectivity index (χ4n) is 2.39. The van der Waals surface area contributed by atoms with Gasteiger partial charge in [0.1, 0.15) is 5.60 Å². The molecule has 152 valence electrons. The van der Waals surface area contributed by atoms with Crippen LogP contribution < -0.4 is 0 Å². The molecule has 28 heavy (non-hydrogen) atoms. The Balaban J connectivity index is 2.55. The van der Waals surface area contributed by atoms with Crippen molar-refractivity contribution in [2.75, 3.05) is 0 Å². The smallest absolute Gasteiger partial charge is 0.425 e. The molecule has 1 aromatic carbocycles. The molecule has 1 aromatic heterocycles. The van der Waals surface area contributed by atoms with Crippen molar-refractivity contribution in [3.8, 4) is 0 Å². The highest BCUT2D eigenvalue weighted by Crippen LogP contribution is 2.24. The summed E-state index contributed by atoms with van der Waals surface area (Å²) in [5, 5.41) is 9.69. The van der Waals surface area contributed by atoms with E-state index in [0.29, 0.717) is 5.69 Å². The van der Waals surface area contributed by atoms with E-state index in [4.69, 9.17) is 4.74 Å². The van der Waals surface area contributed by atoms with E-state index < -0.39 is 33.7 Å². The van der Waals surface area contributed by atoms with E-state index in [2.05, 4.69) is 9.97 Å². The summed E-state index contributed by atoms with van der Waals surface area (Å²) in [7, 11) is -4.50. The van der Waals surface area contributed by atoms with E-state index in [0.717, 1.165) is 5.56 Å². The average Bonchev–Trinajstić information content (AvgIpc) is 3.05. The number of sulfonamides is 1. The van der Waals surface area contributed by atoms with Gasteiger partial charge in [-0.05, 0) is 39.8 Å². The molecule has 9 nitrogen and oxygen atoms in total. The van der Waals surface area contributed by atoms with Gasteiger partial charge in [0.25, 0.3) is 10.0 Å². The molecule has 0 saturated heterocycles. The number of imidazole rings is 1. The predicted molar refractivity (Wildman–Crippen MR) is 100 cm³/mol. The van der Waals surface area contributed by atoms with Crippen molar-refractivity contribution in [1.82, 2.24) is 14.3 Å². The van der Waals surface area contributed by atoms with Crippen LogP contribution in [0.3, 0.4) is 0 Å². The number of nitrogens with zero attached hydrogens (tertiary/aromatic N) is 2. The third-order valence-corrected chi connectivity index (χ3v) is 5.47. The number of amides is 1. The average molecular weight is 409 g/mol. The number of hydrogen-bond donors (Lipinski definition) is 2. The van der Waals surface area contributed by atoms with Crippen LogP contribution in [0, 0.1) is 6.92 Å². The number of aromatic nitrogens is 2. The van der Waals surface area contributed by atoms with Crippen molar-refractivity contribution in [1.29, 1.82) is 0 Å². The standard InChI is InChI=1S/C18H23N3O6S/c1-12-5-7-14(8-6-12)28(25,26)21(17(24)27-18(2,3)4)15(16(22)23)9-13-10-19-11-20-13/h5-8,10-11,15H,9H2,1-4H3,(H,19,20)(H,22,23). The molecule has 2 rings (SSSR count). The number of aromatic amines is 1. The molecule has 0 aliphatic rings. The van der Waals surface area contributed by atoms with Crippen LogP contribution in [-0.4, -0.2) is 51.5 Å².